The van der Waals surface area contributed by atoms with Crippen molar-refractivity contribution in [1.29, 1.82) is 5.26 Å². The van der Waals surface area contributed by atoms with Crippen LogP contribution in [0.15, 0.2) is 48.8 Å². The van der Waals surface area contributed by atoms with Crippen LogP contribution in [0.3, 0.4) is 0 Å². The number of nitrogen functional groups attached to an aromatic ring is 1. The molecule has 5 N–H and O–H groups in total. The van der Waals surface area contributed by atoms with E-state index in [4.69, 9.17) is 24.3 Å². The van der Waals surface area contributed by atoms with Crippen molar-refractivity contribution in [3.8, 4) is 11.8 Å². The van der Waals surface area contributed by atoms with Gasteiger partial charge in [-0.05, 0) is 44.0 Å². The van der Waals surface area contributed by atoms with Gasteiger partial charge < -0.3 is 29.9 Å². The van der Waals surface area contributed by atoms with Crippen LogP contribution in [-0.4, -0.2) is 66.8 Å². The van der Waals surface area contributed by atoms with Crippen molar-refractivity contribution < 1.29 is 38.1 Å². The maximum atomic E-state index is 14.1. The number of esters is 1. The first-order chi connectivity index (χ1) is 19.5. The number of para-hydroxylation sites is 1. The van der Waals surface area contributed by atoms with E-state index in [-0.39, 0.29) is 23.6 Å². The number of nitrogens with two attached hydrogens (primary N) is 1. The SMILES string of the molecule is C[C@H](NP(=O)(Oc1ccccc1)OC1[C@@]2(C#N)O[C@@H](c3ccc4c(N)ncnn34)[C@H](O)[C@@]12O)C(=O)OCC1(C)CC1. The van der Waals surface area contributed by atoms with Crippen LogP contribution in [0.1, 0.15) is 38.5 Å². The van der Waals surface area contributed by atoms with E-state index in [0.717, 1.165) is 12.8 Å². The van der Waals surface area contributed by atoms with E-state index in [2.05, 4.69) is 15.2 Å². The zero-order valence-electron chi connectivity index (χ0n) is 22.2. The predicted molar refractivity (Wildman–Crippen MR) is 141 cm³/mol. The number of hydrogen-bond donors (Lipinski definition) is 4. The lowest BCUT2D eigenvalue weighted by Gasteiger charge is -2.26. The van der Waals surface area contributed by atoms with Crippen molar-refractivity contribution in [2.45, 2.75) is 62.2 Å². The highest BCUT2D eigenvalue weighted by atomic mass is 31.2. The Hall–Kier alpha value is -3.57. The molecule has 3 aromatic rings. The molecule has 0 amide bonds. The van der Waals surface area contributed by atoms with E-state index in [0.29, 0.717) is 11.2 Å². The first-order valence-corrected chi connectivity index (χ1v) is 14.5. The van der Waals surface area contributed by atoms with Crippen molar-refractivity contribution in [1.82, 2.24) is 19.7 Å². The summed E-state index contributed by atoms with van der Waals surface area (Å²) in [4.78, 5) is 16.6. The number of nitrogens with zero attached hydrogens (tertiary/aromatic N) is 4. The quantitative estimate of drug-likeness (QED) is 0.198. The molecule has 7 atom stereocenters. The Morgan fingerprint density at radius 2 is 2.07 bits per heavy atom. The lowest BCUT2D eigenvalue weighted by molar-refractivity contribution is -0.147. The van der Waals surface area contributed by atoms with Gasteiger partial charge in [0.05, 0.1) is 12.3 Å². The molecule has 2 aliphatic carbocycles. The number of ether oxygens (including phenoxy) is 2. The minimum absolute atomic E-state index is 0.0584. The van der Waals surface area contributed by atoms with E-state index in [9.17, 15) is 24.8 Å². The molecule has 41 heavy (non-hydrogen) atoms. The first-order valence-electron chi connectivity index (χ1n) is 13.0. The van der Waals surface area contributed by atoms with Crippen LogP contribution in [0.4, 0.5) is 5.82 Å². The van der Waals surface area contributed by atoms with Crippen molar-refractivity contribution in [3.63, 3.8) is 0 Å². The summed E-state index contributed by atoms with van der Waals surface area (Å²) in [6.45, 7) is 3.64. The highest BCUT2D eigenvalue weighted by molar-refractivity contribution is 7.52. The fourth-order valence-electron chi connectivity index (χ4n) is 5.04. The average molecular weight is 585 g/mol. The van der Waals surface area contributed by atoms with Gasteiger partial charge in [-0.25, -0.2) is 14.1 Å². The Labute approximate surface area is 234 Å². The molecule has 6 rings (SSSR count). The Morgan fingerprint density at radius 1 is 1.34 bits per heavy atom. The Kier molecular flexibility index (Phi) is 6.38. The van der Waals surface area contributed by atoms with Crippen LogP contribution in [0.25, 0.3) is 5.52 Å². The minimum Gasteiger partial charge on any atom is -0.464 e. The number of anilines is 1. The molecule has 2 unspecified atom stereocenters. The predicted octanol–water partition coefficient (Wildman–Crippen LogP) is 1.64. The third-order valence-corrected chi connectivity index (χ3v) is 9.53. The van der Waals surface area contributed by atoms with E-state index in [1.807, 2.05) is 13.0 Å². The van der Waals surface area contributed by atoms with E-state index in [1.165, 1.54) is 29.9 Å². The number of fused-ring (bicyclic) bond motifs is 2. The van der Waals surface area contributed by atoms with Crippen molar-refractivity contribution in [2.24, 2.45) is 5.41 Å². The summed E-state index contributed by atoms with van der Waals surface area (Å²) < 4.78 is 38.1. The smallest absolute Gasteiger partial charge is 0.459 e. The Morgan fingerprint density at radius 3 is 2.73 bits per heavy atom. The van der Waals surface area contributed by atoms with Crippen LogP contribution in [0, 0.1) is 16.7 Å². The molecule has 15 heteroatoms. The van der Waals surface area contributed by atoms with Gasteiger partial charge in [0.1, 0.15) is 41.9 Å². The Bertz CT molecular complexity index is 1590. The number of hydrogen-bond acceptors (Lipinski definition) is 12. The summed E-state index contributed by atoms with van der Waals surface area (Å²) in [5.41, 5.74) is 2.17. The lowest BCUT2D eigenvalue weighted by Crippen LogP contribution is -2.38. The average Bonchev–Trinajstić information content (AvgIpc) is 3.66. The maximum Gasteiger partial charge on any atom is 0.459 e. The van der Waals surface area contributed by atoms with Gasteiger partial charge >= 0.3 is 13.7 Å². The molecule has 14 nitrogen and oxygen atoms in total. The fourth-order valence-corrected chi connectivity index (χ4v) is 6.77. The second-order valence-corrected chi connectivity index (χ2v) is 12.7. The second kappa shape index (κ2) is 9.49. The topological polar surface area (TPSA) is 204 Å². The molecule has 2 aromatic heterocycles. The third-order valence-electron chi connectivity index (χ3n) is 7.88. The molecular formula is C26H29N6O8P. The number of aliphatic hydroxyl groups excluding tert-OH is 1. The summed E-state index contributed by atoms with van der Waals surface area (Å²) in [5, 5.41) is 39.5. The summed E-state index contributed by atoms with van der Waals surface area (Å²) in [6, 6.07) is 11.9. The van der Waals surface area contributed by atoms with Gasteiger partial charge in [-0.3, -0.25) is 9.32 Å². The first kappa shape index (κ1) is 27.6. The lowest BCUT2D eigenvalue weighted by atomic mass is 10.0. The number of nitriles is 1. The Balaban J connectivity index is 1.25. The molecule has 3 aliphatic rings. The van der Waals surface area contributed by atoms with Crippen LogP contribution in [0.2, 0.25) is 0 Å². The molecule has 3 heterocycles. The van der Waals surface area contributed by atoms with E-state index < -0.39 is 49.3 Å². The summed E-state index contributed by atoms with van der Waals surface area (Å²) in [6.07, 6.45) is -1.41. The minimum atomic E-state index is -4.49. The molecule has 216 valence electrons. The highest BCUT2D eigenvalue weighted by Gasteiger charge is 2.90. The van der Waals surface area contributed by atoms with Crippen LogP contribution >= 0.6 is 7.75 Å². The third kappa shape index (κ3) is 4.46. The number of carbonyl (C=O) groups is 1. The molecular weight excluding hydrogens is 555 g/mol. The van der Waals surface area contributed by atoms with Gasteiger partial charge in [-0.1, -0.05) is 25.1 Å². The zero-order chi connectivity index (χ0) is 29.2. The van der Waals surface area contributed by atoms with Gasteiger partial charge in [-0.2, -0.15) is 15.4 Å². The number of aliphatic hydroxyl groups is 2. The highest BCUT2D eigenvalue weighted by Crippen LogP contribution is 2.68. The van der Waals surface area contributed by atoms with Gasteiger partial charge in [0.2, 0.25) is 5.60 Å². The molecule has 2 saturated carbocycles. The van der Waals surface area contributed by atoms with Crippen LogP contribution in [0.5, 0.6) is 5.75 Å². The second-order valence-electron chi connectivity index (χ2n) is 11.0. The largest absolute Gasteiger partial charge is 0.464 e. The number of benzene rings is 1. The van der Waals surface area contributed by atoms with Gasteiger partial charge in [0.15, 0.2) is 17.5 Å². The van der Waals surface area contributed by atoms with Crippen molar-refractivity contribution in [2.75, 3.05) is 12.3 Å². The van der Waals surface area contributed by atoms with Crippen molar-refractivity contribution in [3.05, 3.63) is 54.5 Å². The molecule has 1 aromatic carbocycles. The van der Waals surface area contributed by atoms with Crippen molar-refractivity contribution >= 4 is 25.1 Å². The zero-order valence-corrected chi connectivity index (χ0v) is 23.1. The summed E-state index contributed by atoms with van der Waals surface area (Å²) in [7, 11) is -4.49. The normalized spacial score (nSPS) is 31.4. The molecule has 0 bridgehead atoms. The molecule has 0 spiro atoms. The number of nitrogens with one attached hydrogen (secondary N) is 1. The summed E-state index contributed by atoms with van der Waals surface area (Å²) >= 11 is 0. The monoisotopic (exact) mass is 584 g/mol. The number of carbonyl (C=O) groups excluding carboxylic acids is 1. The molecule has 1 saturated heterocycles. The summed E-state index contributed by atoms with van der Waals surface area (Å²) in [5.74, 6) is -0.363. The molecule has 0 radical (unpaired) electrons. The fraction of sp³-hybridized carbons (Fsp3) is 0.462. The van der Waals surface area contributed by atoms with Gasteiger partial charge in [0, 0.05) is 5.41 Å². The molecule has 3 fully saturated rings. The van der Waals surface area contributed by atoms with Gasteiger partial charge in [-0.15, -0.1) is 0 Å². The number of aromatic nitrogens is 3. The van der Waals surface area contributed by atoms with Crippen LogP contribution in [-0.2, 0) is 23.4 Å². The van der Waals surface area contributed by atoms with Gasteiger partial charge in [0.25, 0.3) is 0 Å². The standard InChI is InChI=1S/C26H29N6O8P/c1-15(22(34)37-13-24(2)10-11-24)31-41(36,39-16-6-4-3-5-7-16)40-23-25(12-27)26(23,35)20(33)19(38-25)17-8-9-18-21(28)29-14-30-32(17)18/h3-9,14-15,19-20,23,33,35H,10-11,13H2,1-2H3,(H,31,36)(H2,28,29,30)/t15-,19-,20-,23?,25+,26+,41?/m0/s1. The number of rotatable bonds is 10. The van der Waals surface area contributed by atoms with E-state index >= 15 is 0 Å². The van der Waals surface area contributed by atoms with Crippen LogP contribution < -0.4 is 15.3 Å². The van der Waals surface area contributed by atoms with E-state index in [1.54, 1.807) is 30.3 Å². The molecule has 1 aliphatic heterocycles. The maximum absolute atomic E-state index is 14.1.